The molecule has 1 fully saturated rings. The maximum atomic E-state index is 12.1. The van der Waals surface area contributed by atoms with Gasteiger partial charge in [0.05, 0.1) is 6.61 Å². The molecule has 1 aromatic carbocycles. The number of benzene rings is 1. The molecule has 1 atom stereocenters. The first-order chi connectivity index (χ1) is 8.24. The van der Waals surface area contributed by atoms with Crippen LogP contribution in [-0.2, 0) is 4.74 Å². The highest BCUT2D eigenvalue weighted by Gasteiger charge is 2.14. The van der Waals surface area contributed by atoms with Gasteiger partial charge in [-0.25, -0.2) is 0 Å². The van der Waals surface area contributed by atoms with Crippen LogP contribution < -0.4 is 5.32 Å². The third-order valence-corrected chi connectivity index (χ3v) is 3.42. The lowest BCUT2D eigenvalue weighted by atomic mass is 10.1. The molecule has 1 saturated heterocycles. The molecule has 0 aliphatic carbocycles. The Hall–Kier alpha value is -0.810. The van der Waals surface area contributed by atoms with Crippen LogP contribution in [0.4, 0.5) is 14.5 Å². The minimum Gasteiger partial charge on any atom is -0.385 e. The van der Waals surface area contributed by atoms with Crippen molar-refractivity contribution in [3.05, 3.63) is 24.3 Å². The van der Waals surface area contributed by atoms with Gasteiger partial charge in [-0.15, -0.1) is 0 Å². The summed E-state index contributed by atoms with van der Waals surface area (Å²) in [5, 5.41) is 3.29. The third kappa shape index (κ3) is 4.16. The quantitative estimate of drug-likeness (QED) is 0.818. The van der Waals surface area contributed by atoms with Crippen LogP contribution >= 0.6 is 11.8 Å². The molecule has 0 bridgehead atoms. The smallest absolute Gasteiger partial charge is 0.288 e. The number of ether oxygens (including phenoxy) is 1. The van der Waals surface area contributed by atoms with E-state index in [2.05, 4.69) is 5.32 Å². The molecule has 0 radical (unpaired) electrons. The van der Waals surface area contributed by atoms with E-state index in [-0.39, 0.29) is 0 Å². The third-order valence-electron chi connectivity index (χ3n) is 2.70. The van der Waals surface area contributed by atoms with Gasteiger partial charge >= 0.3 is 0 Å². The molecule has 17 heavy (non-hydrogen) atoms. The van der Waals surface area contributed by atoms with Gasteiger partial charge in [0.2, 0.25) is 0 Å². The molecule has 2 nitrogen and oxygen atoms in total. The summed E-state index contributed by atoms with van der Waals surface area (Å²) in [4.78, 5) is 0.592. The van der Waals surface area contributed by atoms with E-state index in [9.17, 15) is 8.78 Å². The first-order valence-electron chi connectivity index (χ1n) is 5.60. The van der Waals surface area contributed by atoms with Crippen molar-refractivity contribution < 1.29 is 13.5 Å². The Morgan fingerprint density at radius 1 is 1.35 bits per heavy atom. The Labute approximate surface area is 104 Å². The largest absolute Gasteiger partial charge is 0.385 e. The molecule has 1 unspecified atom stereocenters. The summed E-state index contributed by atoms with van der Waals surface area (Å²) < 4.78 is 29.5. The Morgan fingerprint density at radius 3 is 2.71 bits per heavy atom. The molecule has 1 heterocycles. The lowest BCUT2D eigenvalue weighted by molar-refractivity contribution is 0.187. The number of rotatable bonds is 5. The Morgan fingerprint density at radius 2 is 2.12 bits per heavy atom. The van der Waals surface area contributed by atoms with Crippen LogP contribution in [0.1, 0.15) is 6.42 Å². The highest BCUT2D eigenvalue weighted by molar-refractivity contribution is 7.99. The van der Waals surface area contributed by atoms with E-state index in [4.69, 9.17) is 4.74 Å². The summed E-state index contributed by atoms with van der Waals surface area (Å²) in [6.45, 7) is 2.53. The summed E-state index contributed by atoms with van der Waals surface area (Å²) in [6, 6.07) is 7.09. The van der Waals surface area contributed by atoms with E-state index in [0.717, 1.165) is 31.9 Å². The van der Waals surface area contributed by atoms with Gasteiger partial charge in [-0.2, -0.15) is 8.78 Å². The minimum atomic E-state index is -2.36. The molecule has 94 valence electrons. The maximum absolute atomic E-state index is 12.1. The van der Waals surface area contributed by atoms with Crippen molar-refractivity contribution in [2.45, 2.75) is 17.1 Å². The van der Waals surface area contributed by atoms with E-state index in [1.807, 2.05) is 12.1 Å². The number of halogens is 2. The predicted molar refractivity (Wildman–Crippen MR) is 65.7 cm³/mol. The predicted octanol–water partition coefficient (Wildman–Crippen LogP) is 3.45. The SMILES string of the molecule is FC(F)Sc1ccc(NCC2CCOC2)cc1. The Kier molecular flexibility index (Phi) is 4.62. The fourth-order valence-electron chi connectivity index (χ4n) is 1.76. The van der Waals surface area contributed by atoms with E-state index >= 15 is 0 Å². The van der Waals surface area contributed by atoms with Gasteiger partial charge in [0.15, 0.2) is 0 Å². The monoisotopic (exact) mass is 259 g/mol. The first kappa shape index (κ1) is 12.6. The van der Waals surface area contributed by atoms with Crippen molar-refractivity contribution in [3.63, 3.8) is 0 Å². The Bertz CT molecular complexity index is 339. The molecular formula is C12H15F2NOS. The van der Waals surface area contributed by atoms with Crippen molar-refractivity contribution in [1.82, 2.24) is 0 Å². The molecule has 0 amide bonds. The highest BCUT2D eigenvalue weighted by atomic mass is 32.2. The van der Waals surface area contributed by atoms with Gasteiger partial charge < -0.3 is 10.1 Å². The fraction of sp³-hybridized carbons (Fsp3) is 0.500. The minimum absolute atomic E-state index is 0.560. The molecular weight excluding hydrogens is 244 g/mol. The summed E-state index contributed by atoms with van der Waals surface area (Å²) in [5.41, 5.74) is 0.968. The second-order valence-corrected chi connectivity index (χ2v) is 5.08. The van der Waals surface area contributed by atoms with Crippen LogP contribution in [0.3, 0.4) is 0 Å². The zero-order valence-corrected chi connectivity index (χ0v) is 10.2. The highest BCUT2D eigenvalue weighted by Crippen LogP contribution is 2.26. The molecule has 0 aromatic heterocycles. The molecule has 0 saturated carbocycles. The van der Waals surface area contributed by atoms with Gasteiger partial charge in [0.25, 0.3) is 5.76 Å². The van der Waals surface area contributed by atoms with Gasteiger partial charge in [0, 0.05) is 29.7 Å². The van der Waals surface area contributed by atoms with Gasteiger partial charge in [-0.3, -0.25) is 0 Å². The van der Waals surface area contributed by atoms with Crippen molar-refractivity contribution in [2.24, 2.45) is 5.92 Å². The molecule has 1 aromatic rings. The van der Waals surface area contributed by atoms with E-state index in [0.29, 0.717) is 22.6 Å². The number of anilines is 1. The lowest BCUT2D eigenvalue weighted by Gasteiger charge is -2.11. The molecule has 0 spiro atoms. The maximum Gasteiger partial charge on any atom is 0.288 e. The topological polar surface area (TPSA) is 21.3 Å². The first-order valence-corrected chi connectivity index (χ1v) is 6.48. The average Bonchev–Trinajstić information content (AvgIpc) is 2.80. The van der Waals surface area contributed by atoms with Gasteiger partial charge in [-0.05, 0) is 30.7 Å². The molecule has 2 rings (SSSR count). The molecule has 1 N–H and O–H groups in total. The lowest BCUT2D eigenvalue weighted by Crippen LogP contribution is -2.13. The van der Waals surface area contributed by atoms with Crippen LogP contribution in [0.25, 0.3) is 0 Å². The van der Waals surface area contributed by atoms with E-state index in [1.54, 1.807) is 12.1 Å². The second kappa shape index (κ2) is 6.21. The van der Waals surface area contributed by atoms with Crippen LogP contribution in [0.5, 0.6) is 0 Å². The second-order valence-electron chi connectivity index (χ2n) is 4.01. The standard InChI is InChI=1S/C12H15F2NOS/c13-12(14)17-11-3-1-10(2-4-11)15-7-9-5-6-16-8-9/h1-4,9,12,15H,5-8H2. The summed E-state index contributed by atoms with van der Waals surface area (Å²) >= 11 is 0.569. The fourth-order valence-corrected chi connectivity index (χ4v) is 2.26. The summed E-state index contributed by atoms with van der Waals surface area (Å²) in [6.07, 6.45) is 1.09. The average molecular weight is 259 g/mol. The van der Waals surface area contributed by atoms with Crippen molar-refractivity contribution >= 4 is 17.4 Å². The Balaban J connectivity index is 1.80. The van der Waals surface area contributed by atoms with Crippen LogP contribution in [-0.4, -0.2) is 25.5 Å². The number of thioether (sulfide) groups is 1. The number of hydrogen-bond acceptors (Lipinski definition) is 3. The molecule has 1 aliphatic rings. The van der Waals surface area contributed by atoms with E-state index < -0.39 is 5.76 Å². The summed E-state index contributed by atoms with van der Waals surface area (Å²) in [7, 11) is 0. The van der Waals surface area contributed by atoms with Crippen molar-refractivity contribution in [2.75, 3.05) is 25.1 Å². The van der Waals surface area contributed by atoms with Crippen LogP contribution in [0, 0.1) is 5.92 Å². The zero-order valence-electron chi connectivity index (χ0n) is 9.36. The van der Waals surface area contributed by atoms with Crippen LogP contribution in [0.15, 0.2) is 29.2 Å². The van der Waals surface area contributed by atoms with Crippen LogP contribution in [0.2, 0.25) is 0 Å². The zero-order chi connectivity index (χ0) is 12.1. The molecule has 1 aliphatic heterocycles. The number of hydrogen-bond donors (Lipinski definition) is 1. The van der Waals surface area contributed by atoms with Gasteiger partial charge in [0.1, 0.15) is 0 Å². The van der Waals surface area contributed by atoms with E-state index in [1.165, 1.54) is 0 Å². The molecule has 5 heteroatoms. The normalized spacial score (nSPS) is 19.8. The number of alkyl halides is 2. The summed E-state index contributed by atoms with van der Waals surface area (Å²) in [5.74, 6) is -1.80. The van der Waals surface area contributed by atoms with Gasteiger partial charge in [-0.1, -0.05) is 11.8 Å². The van der Waals surface area contributed by atoms with Crippen molar-refractivity contribution in [1.29, 1.82) is 0 Å². The van der Waals surface area contributed by atoms with Crippen molar-refractivity contribution in [3.8, 4) is 0 Å². The number of nitrogens with one attached hydrogen (secondary N) is 1.